The molecule has 3 aromatic carbocycles. The van der Waals surface area contributed by atoms with Gasteiger partial charge in [-0.25, -0.2) is 15.0 Å². The van der Waals surface area contributed by atoms with Gasteiger partial charge in [0, 0.05) is 88.4 Å². The first-order valence-corrected chi connectivity index (χ1v) is 26.8. The van der Waals surface area contributed by atoms with Crippen LogP contribution in [0.2, 0.25) is 0 Å². The zero-order chi connectivity index (χ0) is 58.1. The van der Waals surface area contributed by atoms with Crippen molar-refractivity contribution < 1.29 is 57.5 Å². The Morgan fingerprint density at radius 2 is 0.847 bits per heavy atom. The minimum Gasteiger partial charge on any atom is -0.483 e. The molecule has 10 rings (SSSR count). The highest BCUT2D eigenvalue weighted by Crippen LogP contribution is 2.31. The minimum atomic E-state index is -0.250. The molecule has 23 nitrogen and oxygen atoms in total. The van der Waals surface area contributed by atoms with E-state index in [0.717, 1.165) is 47.1 Å². The summed E-state index contributed by atoms with van der Waals surface area (Å²) in [5.41, 5.74) is 8.42. The van der Waals surface area contributed by atoms with E-state index >= 15 is 0 Å². The van der Waals surface area contributed by atoms with Crippen molar-refractivity contribution in [3.63, 3.8) is 0 Å². The number of carboxylic acid groups (broad SMARTS) is 1. The average molecular weight is 1170 g/mol. The zero-order valence-electron chi connectivity index (χ0n) is 46.3. The number of ether oxygens (including phenoxy) is 6. The molecule has 23 heteroatoms. The SMILES string of the molecule is C.C.C.COCCOc1ncc2c(n1)N(CCc1ccc(C#N)cc1)C(=O)C2.COCCOc1ncc2c(n1)N(CCc1ccc(C=O)cc1)C(=O)C2.COCCOc1ncc2c(n1)N(CCc1ccc(CN3CCCC3)cc1)C(=O)C2.O=CO. The largest absolute Gasteiger partial charge is 0.483 e. The summed E-state index contributed by atoms with van der Waals surface area (Å²) in [4.78, 5) is 89.3. The Labute approximate surface area is 497 Å². The van der Waals surface area contributed by atoms with Gasteiger partial charge in [0.15, 0.2) is 0 Å². The Balaban J connectivity index is 0.000000263. The van der Waals surface area contributed by atoms with Gasteiger partial charge < -0.3 is 33.5 Å². The van der Waals surface area contributed by atoms with Gasteiger partial charge in [-0.1, -0.05) is 82.9 Å². The lowest BCUT2D eigenvalue weighted by Crippen LogP contribution is -2.29. The third-order valence-corrected chi connectivity index (χ3v) is 13.4. The number of nitrogens with zero attached hydrogens (tertiary/aromatic N) is 11. The van der Waals surface area contributed by atoms with Gasteiger partial charge in [-0.2, -0.15) is 20.2 Å². The van der Waals surface area contributed by atoms with Crippen LogP contribution in [0.5, 0.6) is 18.0 Å². The molecule has 4 aliphatic rings. The summed E-state index contributed by atoms with van der Waals surface area (Å²) in [6.45, 7) is 7.28. The molecule has 0 bridgehead atoms. The van der Waals surface area contributed by atoms with Gasteiger partial charge in [0.25, 0.3) is 6.47 Å². The van der Waals surface area contributed by atoms with Gasteiger partial charge in [0.1, 0.15) is 43.6 Å². The summed E-state index contributed by atoms with van der Waals surface area (Å²) >= 11 is 0. The van der Waals surface area contributed by atoms with Gasteiger partial charge in [-0.15, -0.1) is 0 Å². The van der Waals surface area contributed by atoms with E-state index in [0.29, 0.717) is 120 Å². The summed E-state index contributed by atoms with van der Waals surface area (Å²) in [6, 6.07) is 26.3. The molecule has 7 heterocycles. The zero-order valence-corrected chi connectivity index (χ0v) is 46.3. The Bertz CT molecular complexity index is 3100. The van der Waals surface area contributed by atoms with Crippen molar-refractivity contribution in [1.82, 2.24) is 34.8 Å². The normalized spacial score (nSPS) is 13.3. The predicted molar refractivity (Wildman–Crippen MR) is 320 cm³/mol. The third-order valence-electron chi connectivity index (χ3n) is 13.4. The van der Waals surface area contributed by atoms with Gasteiger partial charge in [0.2, 0.25) is 17.7 Å². The van der Waals surface area contributed by atoms with Crippen LogP contribution in [0, 0.1) is 11.3 Å². The molecule has 6 aromatic rings. The number of rotatable bonds is 24. The van der Waals surface area contributed by atoms with Crippen molar-refractivity contribution in [2.75, 3.05) is 108 Å². The number of anilines is 3. The molecule has 4 aliphatic heterocycles. The molecule has 0 spiro atoms. The number of carbonyl (C=O) groups is 5. The van der Waals surface area contributed by atoms with Crippen LogP contribution in [-0.4, -0.2) is 164 Å². The van der Waals surface area contributed by atoms with Crippen LogP contribution < -0.4 is 28.9 Å². The van der Waals surface area contributed by atoms with Gasteiger partial charge >= 0.3 is 18.0 Å². The maximum absolute atomic E-state index is 12.5. The number of aromatic nitrogens is 6. The van der Waals surface area contributed by atoms with E-state index in [1.54, 1.807) is 78.9 Å². The van der Waals surface area contributed by atoms with Crippen molar-refractivity contribution in [3.8, 4) is 24.1 Å². The van der Waals surface area contributed by atoms with E-state index in [1.807, 2.05) is 24.3 Å². The second kappa shape index (κ2) is 36.0. The minimum absolute atomic E-state index is 0. The predicted octanol–water partition coefficient (Wildman–Crippen LogP) is 6.79. The molecule has 1 saturated heterocycles. The van der Waals surface area contributed by atoms with E-state index in [4.69, 9.17) is 43.6 Å². The Hall–Kier alpha value is -8.82. The van der Waals surface area contributed by atoms with Crippen molar-refractivity contribution >= 4 is 47.9 Å². The monoisotopic (exact) mass is 1170 g/mol. The van der Waals surface area contributed by atoms with Crippen LogP contribution in [0.25, 0.3) is 0 Å². The third kappa shape index (κ3) is 20.2. The van der Waals surface area contributed by atoms with Crippen LogP contribution in [-0.2, 0) is 78.5 Å². The van der Waals surface area contributed by atoms with Crippen LogP contribution >= 0.6 is 0 Å². The summed E-state index contributed by atoms with van der Waals surface area (Å²) < 4.78 is 31.2. The van der Waals surface area contributed by atoms with Crippen LogP contribution in [0.1, 0.15) is 90.0 Å². The molecule has 85 heavy (non-hydrogen) atoms. The molecule has 1 N–H and O–H groups in total. The molecule has 1 fully saturated rings. The number of methoxy groups -OCH3 is 3. The Kier molecular flexibility index (Phi) is 29.1. The fourth-order valence-corrected chi connectivity index (χ4v) is 9.14. The first kappa shape index (κ1) is 68.7. The fourth-order valence-electron chi connectivity index (χ4n) is 9.14. The number of carbonyl (C=O) groups excluding carboxylic acids is 4. The molecule has 3 amide bonds. The van der Waals surface area contributed by atoms with E-state index in [-0.39, 0.29) is 64.5 Å². The molecule has 0 atom stereocenters. The van der Waals surface area contributed by atoms with Crippen LogP contribution in [0.15, 0.2) is 91.4 Å². The lowest BCUT2D eigenvalue weighted by Gasteiger charge is -2.17. The number of benzene rings is 3. The number of likely N-dealkylation sites (tertiary alicyclic amines) is 1. The summed E-state index contributed by atoms with van der Waals surface area (Å²) in [5, 5.41) is 15.7. The summed E-state index contributed by atoms with van der Waals surface area (Å²) in [5.74, 6) is 1.96. The highest BCUT2D eigenvalue weighted by atomic mass is 16.5. The van der Waals surface area contributed by atoms with Crippen molar-refractivity contribution in [2.45, 2.75) is 80.2 Å². The van der Waals surface area contributed by atoms with Gasteiger partial charge in [0.05, 0.1) is 50.7 Å². The van der Waals surface area contributed by atoms with E-state index in [1.165, 1.54) is 37.1 Å². The van der Waals surface area contributed by atoms with E-state index < -0.39 is 0 Å². The first-order valence-electron chi connectivity index (χ1n) is 26.8. The van der Waals surface area contributed by atoms with Gasteiger partial charge in [-0.3, -0.25) is 43.6 Å². The number of amides is 3. The maximum atomic E-state index is 12.5. The molecular weight excluding hydrogens is 1090 g/mol. The molecule has 0 saturated carbocycles. The lowest BCUT2D eigenvalue weighted by molar-refractivity contribution is -0.123. The average Bonchev–Trinajstić information content (AvgIpc) is 2.84. The molecule has 0 aliphatic carbocycles. The molecule has 0 radical (unpaired) electrons. The fraction of sp³-hybridized carbons (Fsp3) is 0.419. The van der Waals surface area contributed by atoms with Crippen LogP contribution in [0.3, 0.4) is 0 Å². The lowest BCUT2D eigenvalue weighted by atomic mass is 10.1. The molecule has 0 unspecified atom stereocenters. The number of fused-ring (bicyclic) bond motifs is 3. The van der Waals surface area contributed by atoms with Crippen LogP contribution in [0.4, 0.5) is 17.5 Å². The van der Waals surface area contributed by atoms with Crippen molar-refractivity contribution in [2.24, 2.45) is 0 Å². The highest BCUT2D eigenvalue weighted by Gasteiger charge is 2.32. The summed E-state index contributed by atoms with van der Waals surface area (Å²) in [6.07, 6.45) is 11.5. The highest BCUT2D eigenvalue weighted by molar-refractivity contribution is 6.01. The first-order chi connectivity index (χ1) is 40.1. The molecule has 3 aromatic heterocycles. The molecule has 454 valence electrons. The quantitative estimate of drug-likeness (QED) is 0.0482. The van der Waals surface area contributed by atoms with E-state index in [9.17, 15) is 19.2 Å². The van der Waals surface area contributed by atoms with Crippen molar-refractivity contribution in [1.29, 1.82) is 5.26 Å². The second-order valence-corrected chi connectivity index (χ2v) is 19.0. The Morgan fingerprint density at radius 3 is 1.18 bits per heavy atom. The van der Waals surface area contributed by atoms with Crippen molar-refractivity contribution in [3.05, 3.63) is 141 Å². The maximum Gasteiger partial charge on any atom is 0.318 e. The smallest absolute Gasteiger partial charge is 0.318 e. The van der Waals surface area contributed by atoms with Gasteiger partial charge in [-0.05, 0) is 79.6 Å². The standard InChI is InChI=1S/C22H28N4O3.C18H18N4O3.C18H19N3O4.CH2O2.3CH4/c1-28-12-13-29-22-23-15-19-14-20(27)26(21(19)24-22)11-8-17-4-6-18(7-5-17)16-25-9-2-3-10-25;1-24-8-9-25-18-20-12-15-10-16(23)22(17(15)21-18)7-6-13-2-4-14(11-19)5-3-13;1-24-8-9-25-18-19-11-15-10-16(23)21(17(15)20-18)7-6-13-2-4-14(12-22)5-3-13;2-1-3;;;/h4-7,15H,2-3,8-14,16H2,1H3;2-5,12H,6-10H2,1H3;2-5,11-12H,6-10H2,1H3;1H,(H,2,3);3*1H4. The number of hydrogen-bond donors (Lipinski definition) is 1. The second-order valence-electron chi connectivity index (χ2n) is 19.0. The number of hydrogen-bond acceptors (Lipinski definition) is 19. The molecular formula is C62H79N11O12. The number of aldehydes is 1. The topological polar surface area (TPSA) is 275 Å². The summed E-state index contributed by atoms with van der Waals surface area (Å²) in [7, 11) is 4.80. The number of nitriles is 1. The Morgan fingerprint density at radius 1 is 0.518 bits per heavy atom. The van der Waals surface area contributed by atoms with E-state index in [2.05, 4.69) is 65.1 Å².